The summed E-state index contributed by atoms with van der Waals surface area (Å²) in [5, 5.41) is 16.8. The Kier molecular flexibility index (Phi) is 4.02. The fourth-order valence-corrected chi connectivity index (χ4v) is 3.96. The molecule has 2 N–H and O–H groups in total. The molecule has 0 fully saturated rings. The third kappa shape index (κ3) is 2.79. The van der Waals surface area contributed by atoms with E-state index in [9.17, 15) is 19.7 Å². The maximum atomic E-state index is 12.8. The summed E-state index contributed by atoms with van der Waals surface area (Å²) in [5.74, 6) is -0.487. The lowest BCUT2D eigenvalue weighted by molar-refractivity contribution is -0.483. The van der Waals surface area contributed by atoms with Crippen LogP contribution in [0.2, 0.25) is 0 Å². The normalized spacial score (nSPS) is 20.0. The van der Waals surface area contributed by atoms with Gasteiger partial charge in [-0.2, -0.15) is 0 Å². The second-order valence-corrected chi connectivity index (χ2v) is 6.66. The lowest BCUT2D eigenvalue weighted by Gasteiger charge is -2.45. The van der Waals surface area contributed by atoms with Crippen molar-refractivity contribution in [1.29, 1.82) is 0 Å². The number of nitrogens with zero attached hydrogens (tertiary/aromatic N) is 2. The van der Waals surface area contributed by atoms with Crippen molar-refractivity contribution in [2.45, 2.75) is 18.5 Å². The Balaban J connectivity index is 1.85. The van der Waals surface area contributed by atoms with Crippen molar-refractivity contribution < 1.29 is 14.5 Å². The van der Waals surface area contributed by atoms with Gasteiger partial charge in [-0.15, -0.1) is 0 Å². The van der Waals surface area contributed by atoms with E-state index < -0.39 is 12.1 Å². The molecule has 2 atom stereocenters. The van der Waals surface area contributed by atoms with E-state index in [0.29, 0.717) is 23.4 Å². The maximum Gasteiger partial charge on any atom is 0.251 e. The standard InChI is InChI=1S/C19H18N4O4/c1-20-18(24)12-6-7-15-14(8-12)21-19(25)16-9-11-4-2-3-5-13(11)17(23(15)16)10-22(26)27/h2-8,16-17H,9-10H2,1H3,(H,20,24)(H,21,25). The maximum absolute atomic E-state index is 12.8. The fourth-order valence-electron chi connectivity index (χ4n) is 3.96. The molecular formula is C19H18N4O4. The zero-order valence-corrected chi connectivity index (χ0v) is 14.6. The van der Waals surface area contributed by atoms with Gasteiger partial charge in [-0.3, -0.25) is 19.7 Å². The van der Waals surface area contributed by atoms with Crippen LogP contribution in [-0.2, 0) is 11.2 Å². The van der Waals surface area contributed by atoms with Gasteiger partial charge in [0.15, 0.2) is 0 Å². The molecule has 2 aliphatic heterocycles. The topological polar surface area (TPSA) is 105 Å². The van der Waals surface area contributed by atoms with Gasteiger partial charge in [-0.25, -0.2) is 0 Å². The summed E-state index contributed by atoms with van der Waals surface area (Å²) in [6.45, 7) is -0.308. The van der Waals surface area contributed by atoms with E-state index in [1.54, 1.807) is 18.2 Å². The summed E-state index contributed by atoms with van der Waals surface area (Å²) < 4.78 is 0. The molecule has 2 heterocycles. The zero-order valence-electron chi connectivity index (χ0n) is 14.6. The molecule has 2 amide bonds. The van der Waals surface area contributed by atoms with Crippen molar-refractivity contribution in [2.75, 3.05) is 23.8 Å². The highest BCUT2D eigenvalue weighted by Crippen LogP contribution is 2.43. The molecule has 0 saturated carbocycles. The van der Waals surface area contributed by atoms with Crippen LogP contribution in [0.15, 0.2) is 42.5 Å². The van der Waals surface area contributed by atoms with Gasteiger partial charge in [0.2, 0.25) is 12.5 Å². The average molecular weight is 366 g/mol. The number of rotatable bonds is 3. The van der Waals surface area contributed by atoms with Gasteiger partial charge in [0.1, 0.15) is 12.1 Å². The van der Waals surface area contributed by atoms with Crippen LogP contribution >= 0.6 is 0 Å². The number of fused-ring (bicyclic) bond motifs is 4. The highest BCUT2D eigenvalue weighted by Gasteiger charge is 2.44. The van der Waals surface area contributed by atoms with Gasteiger partial charge >= 0.3 is 0 Å². The molecule has 2 aliphatic rings. The lowest BCUT2D eigenvalue weighted by atomic mass is 9.85. The Hall–Kier alpha value is -3.42. The summed E-state index contributed by atoms with van der Waals surface area (Å²) in [6, 6.07) is 11.5. The molecule has 2 unspecified atom stereocenters. The molecule has 4 rings (SSSR count). The number of benzene rings is 2. The first kappa shape index (κ1) is 17.0. The van der Waals surface area contributed by atoms with Crippen LogP contribution in [0.25, 0.3) is 0 Å². The molecule has 0 aliphatic carbocycles. The Morgan fingerprint density at radius 3 is 2.85 bits per heavy atom. The third-order valence-electron chi connectivity index (χ3n) is 5.15. The first-order chi connectivity index (χ1) is 13.0. The van der Waals surface area contributed by atoms with Crippen LogP contribution in [0.3, 0.4) is 0 Å². The number of carbonyl (C=O) groups is 2. The van der Waals surface area contributed by atoms with Gasteiger partial charge in [0.25, 0.3) is 5.91 Å². The second-order valence-electron chi connectivity index (χ2n) is 6.66. The molecule has 8 heteroatoms. The Morgan fingerprint density at radius 2 is 2.11 bits per heavy atom. The predicted octanol–water partition coefficient (Wildman–Crippen LogP) is 1.75. The quantitative estimate of drug-likeness (QED) is 0.636. The van der Waals surface area contributed by atoms with Gasteiger partial charge < -0.3 is 15.5 Å². The fraction of sp³-hybridized carbons (Fsp3) is 0.263. The second kappa shape index (κ2) is 6.39. The summed E-state index contributed by atoms with van der Waals surface area (Å²) in [5.41, 5.74) is 3.41. The van der Waals surface area contributed by atoms with Crippen molar-refractivity contribution in [3.8, 4) is 0 Å². The molecule has 0 bridgehead atoms. The minimum atomic E-state index is -0.550. The Labute approximate surface area is 155 Å². The van der Waals surface area contributed by atoms with Gasteiger partial charge in [0.05, 0.1) is 11.4 Å². The first-order valence-corrected chi connectivity index (χ1v) is 8.64. The molecular weight excluding hydrogens is 348 g/mol. The minimum absolute atomic E-state index is 0.223. The number of amides is 2. The van der Waals surface area contributed by atoms with Crippen LogP contribution in [0.4, 0.5) is 11.4 Å². The van der Waals surface area contributed by atoms with Crippen LogP contribution < -0.4 is 15.5 Å². The first-order valence-electron chi connectivity index (χ1n) is 8.64. The lowest BCUT2D eigenvalue weighted by Crippen LogP contribution is -2.54. The number of nitrogens with one attached hydrogen (secondary N) is 2. The van der Waals surface area contributed by atoms with Gasteiger partial charge in [-0.1, -0.05) is 24.3 Å². The van der Waals surface area contributed by atoms with E-state index in [-0.39, 0.29) is 23.3 Å². The smallest absolute Gasteiger partial charge is 0.251 e. The number of carbonyl (C=O) groups excluding carboxylic acids is 2. The van der Waals surface area contributed by atoms with Crippen molar-refractivity contribution >= 4 is 23.2 Å². The van der Waals surface area contributed by atoms with Gasteiger partial charge in [-0.05, 0) is 29.3 Å². The molecule has 138 valence electrons. The van der Waals surface area contributed by atoms with Crippen LogP contribution in [0.5, 0.6) is 0 Å². The van der Waals surface area contributed by atoms with Crippen LogP contribution in [0, 0.1) is 10.1 Å². The SMILES string of the molecule is CNC(=O)c1ccc2c(c1)NC(=O)C1Cc3ccccc3C(C[N+](=O)[O-])N21. The van der Waals surface area contributed by atoms with E-state index in [2.05, 4.69) is 10.6 Å². The molecule has 0 saturated heterocycles. The summed E-state index contributed by atoms with van der Waals surface area (Å²) in [7, 11) is 1.53. The summed E-state index contributed by atoms with van der Waals surface area (Å²) in [4.78, 5) is 37.5. The van der Waals surface area contributed by atoms with E-state index in [1.807, 2.05) is 29.2 Å². The van der Waals surface area contributed by atoms with E-state index in [1.165, 1.54) is 7.05 Å². The molecule has 27 heavy (non-hydrogen) atoms. The molecule has 0 aromatic heterocycles. The third-order valence-corrected chi connectivity index (χ3v) is 5.15. The Bertz CT molecular complexity index is 958. The largest absolute Gasteiger partial charge is 0.355 e. The van der Waals surface area contributed by atoms with Crippen molar-refractivity contribution in [3.63, 3.8) is 0 Å². The van der Waals surface area contributed by atoms with E-state index >= 15 is 0 Å². The van der Waals surface area contributed by atoms with Gasteiger partial charge in [0, 0.05) is 24.0 Å². The number of hydrogen-bond acceptors (Lipinski definition) is 5. The molecule has 8 nitrogen and oxygen atoms in total. The summed E-state index contributed by atoms with van der Waals surface area (Å²) in [6.07, 6.45) is 0.479. The number of anilines is 2. The van der Waals surface area contributed by atoms with Crippen LogP contribution in [0.1, 0.15) is 27.5 Å². The monoisotopic (exact) mass is 366 g/mol. The Morgan fingerprint density at radius 1 is 1.33 bits per heavy atom. The number of hydrogen-bond donors (Lipinski definition) is 2. The minimum Gasteiger partial charge on any atom is -0.355 e. The van der Waals surface area contributed by atoms with E-state index in [0.717, 1.165) is 11.1 Å². The number of nitro groups is 1. The molecule has 2 aromatic carbocycles. The van der Waals surface area contributed by atoms with Crippen LogP contribution in [-0.4, -0.2) is 36.4 Å². The van der Waals surface area contributed by atoms with Crippen molar-refractivity contribution in [1.82, 2.24) is 5.32 Å². The van der Waals surface area contributed by atoms with Crippen molar-refractivity contribution in [2.24, 2.45) is 0 Å². The predicted molar refractivity (Wildman–Crippen MR) is 99.5 cm³/mol. The highest BCUT2D eigenvalue weighted by molar-refractivity contribution is 6.06. The molecule has 0 spiro atoms. The molecule has 0 radical (unpaired) electrons. The highest BCUT2D eigenvalue weighted by atomic mass is 16.6. The summed E-state index contributed by atoms with van der Waals surface area (Å²) >= 11 is 0. The van der Waals surface area contributed by atoms with Crippen molar-refractivity contribution in [3.05, 3.63) is 69.3 Å². The average Bonchev–Trinajstić information content (AvgIpc) is 2.66. The zero-order chi connectivity index (χ0) is 19.1. The van der Waals surface area contributed by atoms with E-state index in [4.69, 9.17) is 0 Å². The molecule has 2 aromatic rings.